The molecule has 2 saturated carbocycles. The van der Waals surface area contributed by atoms with Gasteiger partial charge in [-0.2, -0.15) is 13.2 Å². The van der Waals surface area contributed by atoms with Crippen molar-refractivity contribution in [2.45, 2.75) is 50.8 Å². The van der Waals surface area contributed by atoms with Crippen LogP contribution in [0.4, 0.5) is 13.2 Å². The molecule has 1 aromatic carbocycles. The van der Waals surface area contributed by atoms with Crippen molar-refractivity contribution >= 4 is 5.91 Å². The van der Waals surface area contributed by atoms with E-state index in [9.17, 15) is 23.1 Å². The summed E-state index contributed by atoms with van der Waals surface area (Å²) in [5.41, 5.74) is -0.719. The lowest BCUT2D eigenvalue weighted by atomic mass is 9.56. The van der Waals surface area contributed by atoms with E-state index in [0.29, 0.717) is 24.8 Å². The van der Waals surface area contributed by atoms with Crippen LogP contribution in [0.15, 0.2) is 24.3 Å². The Labute approximate surface area is 151 Å². The molecular weight excluding hydrogens is 343 g/mol. The number of hydrogen-bond donors (Lipinski definition) is 1. The molecular formula is C20H24F3NO2. The van der Waals surface area contributed by atoms with Gasteiger partial charge in [0.15, 0.2) is 0 Å². The van der Waals surface area contributed by atoms with Crippen LogP contribution in [0.25, 0.3) is 0 Å². The van der Waals surface area contributed by atoms with E-state index in [4.69, 9.17) is 0 Å². The summed E-state index contributed by atoms with van der Waals surface area (Å²) in [5, 5.41) is 9.77. The van der Waals surface area contributed by atoms with Crippen LogP contribution >= 0.6 is 0 Å². The minimum absolute atomic E-state index is 0.0584. The smallest absolute Gasteiger partial charge is 0.390 e. The molecule has 1 spiro atoms. The van der Waals surface area contributed by atoms with Crippen molar-refractivity contribution in [3.8, 4) is 0 Å². The maximum absolute atomic E-state index is 13.1. The number of likely N-dealkylation sites (tertiary alicyclic amines) is 1. The first-order valence-corrected chi connectivity index (χ1v) is 9.23. The third kappa shape index (κ3) is 3.13. The normalized spacial score (nSPS) is 30.5. The van der Waals surface area contributed by atoms with Gasteiger partial charge in [-0.25, -0.2) is 0 Å². The van der Waals surface area contributed by atoms with Gasteiger partial charge in [-0.3, -0.25) is 4.79 Å². The van der Waals surface area contributed by atoms with Gasteiger partial charge < -0.3 is 10.0 Å². The molecule has 3 fully saturated rings. The number of halogens is 3. The van der Waals surface area contributed by atoms with E-state index in [1.807, 2.05) is 4.90 Å². The van der Waals surface area contributed by atoms with Gasteiger partial charge in [-0.15, -0.1) is 0 Å². The molecule has 0 radical (unpaired) electrons. The predicted molar refractivity (Wildman–Crippen MR) is 90.2 cm³/mol. The summed E-state index contributed by atoms with van der Waals surface area (Å²) in [7, 11) is 0. The molecule has 3 aliphatic rings. The first kappa shape index (κ1) is 17.8. The van der Waals surface area contributed by atoms with Gasteiger partial charge in [-0.05, 0) is 56.6 Å². The Balaban J connectivity index is 1.28. The zero-order valence-corrected chi connectivity index (χ0v) is 14.9. The topological polar surface area (TPSA) is 40.5 Å². The molecule has 1 amide bonds. The van der Waals surface area contributed by atoms with Gasteiger partial charge >= 0.3 is 6.18 Å². The van der Waals surface area contributed by atoms with Gasteiger partial charge in [0.1, 0.15) is 0 Å². The van der Waals surface area contributed by atoms with E-state index >= 15 is 0 Å². The molecule has 142 valence electrons. The second-order valence-corrected chi connectivity index (χ2v) is 8.93. The predicted octanol–water partition coefficient (Wildman–Crippen LogP) is 3.65. The number of carbonyl (C=O) groups is 1. The summed E-state index contributed by atoms with van der Waals surface area (Å²) in [6, 6.07) is 5.83. The minimum Gasteiger partial charge on any atom is -0.390 e. The van der Waals surface area contributed by atoms with Crippen LogP contribution in [0, 0.1) is 17.3 Å². The number of hydrogen-bond acceptors (Lipinski definition) is 2. The maximum atomic E-state index is 13.1. The maximum Gasteiger partial charge on any atom is 0.416 e. The number of nitrogens with zero attached hydrogens (tertiary/aromatic N) is 1. The minimum atomic E-state index is -4.30. The second-order valence-electron chi connectivity index (χ2n) is 8.93. The molecule has 1 heterocycles. The van der Waals surface area contributed by atoms with Crippen molar-refractivity contribution in [3.05, 3.63) is 35.4 Å². The van der Waals surface area contributed by atoms with Crippen LogP contribution in [-0.2, 0) is 17.4 Å². The first-order chi connectivity index (χ1) is 12.1. The molecule has 1 aromatic rings. The Kier molecular flexibility index (Phi) is 3.92. The number of rotatable bonds is 3. The molecule has 3 nitrogen and oxygen atoms in total. The monoisotopic (exact) mass is 367 g/mol. The fourth-order valence-corrected chi connectivity index (χ4v) is 5.21. The van der Waals surface area contributed by atoms with Gasteiger partial charge in [0.2, 0.25) is 5.91 Å². The number of alkyl halides is 3. The molecule has 1 saturated heterocycles. The van der Waals surface area contributed by atoms with Crippen LogP contribution in [0.2, 0.25) is 0 Å². The summed E-state index contributed by atoms with van der Waals surface area (Å²) >= 11 is 0. The standard InChI is InChI=1S/C20H24F3NO2/c1-18(26)9-15(10-18)17(25)24-11-19(12-24)7-13(8-19)6-14-4-2-3-5-16(14)20(21,22)23/h2-5,13,15,26H,6-12H2,1H3. The van der Waals surface area contributed by atoms with Gasteiger partial charge in [0.05, 0.1) is 11.2 Å². The largest absolute Gasteiger partial charge is 0.416 e. The van der Waals surface area contributed by atoms with Crippen LogP contribution in [0.3, 0.4) is 0 Å². The molecule has 4 rings (SSSR count). The van der Waals surface area contributed by atoms with Gasteiger partial charge in [-0.1, -0.05) is 18.2 Å². The van der Waals surface area contributed by atoms with E-state index in [1.165, 1.54) is 6.07 Å². The summed E-state index contributed by atoms with van der Waals surface area (Å²) in [6.45, 7) is 3.20. The van der Waals surface area contributed by atoms with Crippen molar-refractivity contribution in [1.82, 2.24) is 4.90 Å². The number of amides is 1. The number of benzene rings is 1. The lowest BCUT2D eigenvalue weighted by molar-refractivity contribution is -0.171. The van der Waals surface area contributed by atoms with Crippen molar-refractivity contribution < 1.29 is 23.1 Å². The molecule has 1 N–H and O–H groups in total. The summed E-state index contributed by atoms with van der Waals surface area (Å²) in [5.74, 6) is 0.338. The fraction of sp³-hybridized carbons (Fsp3) is 0.650. The van der Waals surface area contributed by atoms with Gasteiger partial charge in [0.25, 0.3) is 0 Å². The highest BCUT2D eigenvalue weighted by molar-refractivity contribution is 5.81. The molecule has 1 aliphatic heterocycles. The Morgan fingerprint density at radius 3 is 2.38 bits per heavy atom. The zero-order valence-electron chi connectivity index (χ0n) is 14.9. The molecule has 0 unspecified atom stereocenters. The van der Waals surface area contributed by atoms with Crippen LogP contribution in [0.5, 0.6) is 0 Å². The quantitative estimate of drug-likeness (QED) is 0.886. The van der Waals surface area contributed by atoms with Crippen LogP contribution < -0.4 is 0 Å². The molecule has 0 bridgehead atoms. The lowest BCUT2D eigenvalue weighted by Crippen LogP contribution is -2.66. The third-order valence-electron chi connectivity index (χ3n) is 6.36. The van der Waals surface area contributed by atoms with Crippen molar-refractivity contribution in [3.63, 3.8) is 0 Å². The Bertz CT molecular complexity index is 706. The zero-order chi connectivity index (χ0) is 18.7. The van der Waals surface area contributed by atoms with E-state index in [0.717, 1.165) is 32.0 Å². The Morgan fingerprint density at radius 2 is 1.81 bits per heavy atom. The Hall–Kier alpha value is -1.56. The molecule has 2 aliphatic carbocycles. The SMILES string of the molecule is CC1(O)CC(C(=O)N2CC3(CC(Cc4ccccc4C(F)(F)F)C3)C2)C1. The highest BCUT2D eigenvalue weighted by Gasteiger charge is 2.55. The summed E-state index contributed by atoms with van der Waals surface area (Å²) in [6.07, 6.45) is -0.992. The molecule has 26 heavy (non-hydrogen) atoms. The molecule has 6 heteroatoms. The van der Waals surface area contributed by atoms with Crippen LogP contribution in [0.1, 0.15) is 43.7 Å². The van der Waals surface area contributed by atoms with Gasteiger partial charge in [0, 0.05) is 24.4 Å². The highest BCUT2D eigenvalue weighted by Crippen LogP contribution is 2.54. The average molecular weight is 367 g/mol. The summed E-state index contributed by atoms with van der Waals surface area (Å²) < 4.78 is 39.3. The van der Waals surface area contributed by atoms with E-state index in [-0.39, 0.29) is 23.2 Å². The van der Waals surface area contributed by atoms with E-state index in [2.05, 4.69) is 0 Å². The van der Waals surface area contributed by atoms with Crippen molar-refractivity contribution in [2.75, 3.05) is 13.1 Å². The molecule has 0 atom stereocenters. The average Bonchev–Trinajstić information content (AvgIpc) is 2.44. The van der Waals surface area contributed by atoms with E-state index in [1.54, 1.807) is 19.1 Å². The summed E-state index contributed by atoms with van der Waals surface area (Å²) in [4.78, 5) is 14.2. The lowest BCUT2D eigenvalue weighted by Gasteiger charge is -2.60. The number of aliphatic hydroxyl groups is 1. The first-order valence-electron chi connectivity index (χ1n) is 9.23. The van der Waals surface area contributed by atoms with Crippen molar-refractivity contribution in [2.24, 2.45) is 17.3 Å². The molecule has 0 aromatic heterocycles. The van der Waals surface area contributed by atoms with Crippen molar-refractivity contribution in [1.29, 1.82) is 0 Å². The fourth-order valence-electron chi connectivity index (χ4n) is 5.21. The second kappa shape index (κ2) is 5.72. The third-order valence-corrected chi connectivity index (χ3v) is 6.36. The highest BCUT2D eigenvalue weighted by atomic mass is 19.4. The number of carbonyl (C=O) groups excluding carboxylic acids is 1. The van der Waals surface area contributed by atoms with E-state index < -0.39 is 17.3 Å². The van der Waals surface area contributed by atoms with Crippen LogP contribution in [-0.4, -0.2) is 34.6 Å². The Morgan fingerprint density at radius 1 is 1.19 bits per heavy atom.